The van der Waals surface area contributed by atoms with Crippen LogP contribution in [0.15, 0.2) is 0 Å². The number of hydrogen-bond acceptors (Lipinski definition) is 2. The van der Waals surface area contributed by atoms with Crippen molar-refractivity contribution in [3.05, 3.63) is 0 Å². The third-order valence-corrected chi connectivity index (χ3v) is 3.45. The Bertz CT molecular complexity index is 207. The van der Waals surface area contributed by atoms with Gasteiger partial charge in [-0.25, -0.2) is 0 Å². The predicted octanol–water partition coefficient (Wildman–Crippen LogP) is 2.97. The third-order valence-electron chi connectivity index (χ3n) is 3.45. The van der Waals surface area contributed by atoms with Gasteiger partial charge in [-0.2, -0.15) is 0 Å². The quantitative estimate of drug-likeness (QED) is 0.676. The molecule has 0 aliphatic heterocycles. The number of hydrogen-bond donors (Lipinski definition) is 0. The van der Waals surface area contributed by atoms with Gasteiger partial charge in [-0.05, 0) is 32.7 Å². The van der Waals surface area contributed by atoms with Crippen LogP contribution >= 0.6 is 0 Å². The Kier molecular flexibility index (Phi) is 5.50. The molecule has 0 saturated carbocycles. The lowest BCUT2D eigenvalue weighted by molar-refractivity contribution is -0.122. The van der Waals surface area contributed by atoms with E-state index in [4.69, 9.17) is 0 Å². The van der Waals surface area contributed by atoms with E-state index in [2.05, 4.69) is 46.4 Å². The molecule has 0 N–H and O–H groups in total. The van der Waals surface area contributed by atoms with Crippen molar-refractivity contribution in [2.45, 2.75) is 53.5 Å². The van der Waals surface area contributed by atoms with Crippen molar-refractivity contribution in [2.24, 2.45) is 11.8 Å². The Hall–Kier alpha value is -0.370. The van der Waals surface area contributed by atoms with Crippen LogP contribution in [0.25, 0.3) is 0 Å². The number of carbonyl (C=O) groups is 1. The molecule has 0 aromatic heterocycles. The van der Waals surface area contributed by atoms with Gasteiger partial charge in [-0.1, -0.05) is 27.7 Å². The second-order valence-electron chi connectivity index (χ2n) is 5.80. The van der Waals surface area contributed by atoms with Crippen molar-refractivity contribution < 1.29 is 4.79 Å². The van der Waals surface area contributed by atoms with E-state index < -0.39 is 0 Å². The van der Waals surface area contributed by atoms with Crippen LogP contribution in [0.5, 0.6) is 0 Å². The minimum absolute atomic E-state index is 0.0899. The van der Waals surface area contributed by atoms with Crippen molar-refractivity contribution in [1.29, 1.82) is 0 Å². The molecule has 0 rings (SSSR count). The first-order valence-corrected chi connectivity index (χ1v) is 5.90. The van der Waals surface area contributed by atoms with E-state index in [9.17, 15) is 4.79 Å². The molecule has 2 nitrogen and oxygen atoms in total. The van der Waals surface area contributed by atoms with Crippen molar-refractivity contribution >= 4 is 5.78 Å². The predicted molar refractivity (Wildman–Crippen MR) is 66.0 cm³/mol. The second-order valence-corrected chi connectivity index (χ2v) is 5.80. The molecule has 0 aliphatic carbocycles. The Morgan fingerprint density at radius 1 is 1.20 bits per heavy atom. The highest BCUT2D eigenvalue weighted by Gasteiger charge is 2.28. The number of likely N-dealkylation sites (N-methyl/N-ethyl adjacent to an activating group) is 1. The Morgan fingerprint density at radius 2 is 1.67 bits per heavy atom. The normalized spacial score (nSPS) is 12.9. The molecule has 0 spiro atoms. The van der Waals surface area contributed by atoms with Gasteiger partial charge in [0.05, 0.1) is 6.54 Å². The van der Waals surface area contributed by atoms with E-state index in [0.29, 0.717) is 30.6 Å². The third kappa shape index (κ3) is 4.78. The zero-order valence-corrected chi connectivity index (χ0v) is 11.4. The van der Waals surface area contributed by atoms with Gasteiger partial charge in [0.25, 0.3) is 0 Å². The summed E-state index contributed by atoms with van der Waals surface area (Å²) in [6.07, 6.45) is 0.693. The van der Waals surface area contributed by atoms with E-state index >= 15 is 0 Å². The number of carbonyl (C=O) groups excluding carboxylic acids is 1. The maximum absolute atomic E-state index is 11.7. The van der Waals surface area contributed by atoms with Gasteiger partial charge < -0.3 is 0 Å². The zero-order valence-electron chi connectivity index (χ0n) is 11.4. The second kappa shape index (κ2) is 5.64. The van der Waals surface area contributed by atoms with E-state index in [0.717, 1.165) is 0 Å². The molecule has 0 aromatic rings. The average Bonchev–Trinajstić information content (AvgIpc) is 2.01. The lowest BCUT2D eigenvalue weighted by Crippen LogP contribution is -2.47. The maximum Gasteiger partial charge on any atom is 0.147 e. The van der Waals surface area contributed by atoms with Gasteiger partial charge in [0.2, 0.25) is 0 Å². The standard InChI is InChI=1S/C13H27NO/c1-10(2)8-12(15)9-14(7)13(5,6)11(3)4/h10-11H,8-9H2,1-7H3. The van der Waals surface area contributed by atoms with E-state index in [1.165, 1.54) is 0 Å². The van der Waals surface area contributed by atoms with Crippen LogP contribution in [-0.4, -0.2) is 29.8 Å². The fourth-order valence-corrected chi connectivity index (χ4v) is 1.43. The van der Waals surface area contributed by atoms with E-state index in [1.54, 1.807) is 0 Å². The van der Waals surface area contributed by atoms with Crippen LogP contribution in [0, 0.1) is 11.8 Å². The lowest BCUT2D eigenvalue weighted by Gasteiger charge is -2.39. The summed E-state index contributed by atoms with van der Waals surface area (Å²) in [6, 6.07) is 0. The molecular formula is C13H27NO. The topological polar surface area (TPSA) is 20.3 Å². The average molecular weight is 213 g/mol. The molecule has 0 radical (unpaired) electrons. The van der Waals surface area contributed by atoms with Crippen LogP contribution in [0.3, 0.4) is 0 Å². The summed E-state index contributed by atoms with van der Waals surface area (Å²) >= 11 is 0. The number of rotatable bonds is 6. The summed E-state index contributed by atoms with van der Waals surface area (Å²) in [6.45, 7) is 13.5. The smallest absolute Gasteiger partial charge is 0.147 e. The van der Waals surface area contributed by atoms with Gasteiger partial charge in [0.15, 0.2) is 0 Å². The molecule has 2 heteroatoms. The molecule has 0 fully saturated rings. The summed E-state index contributed by atoms with van der Waals surface area (Å²) in [5, 5.41) is 0. The van der Waals surface area contributed by atoms with Crippen LogP contribution in [0.4, 0.5) is 0 Å². The minimum Gasteiger partial charge on any atom is -0.298 e. The Balaban J connectivity index is 4.24. The first-order valence-electron chi connectivity index (χ1n) is 5.90. The fourth-order valence-electron chi connectivity index (χ4n) is 1.43. The summed E-state index contributed by atoms with van der Waals surface area (Å²) in [5.74, 6) is 1.36. The molecule has 0 saturated heterocycles. The van der Waals surface area contributed by atoms with E-state index in [-0.39, 0.29) is 5.54 Å². The van der Waals surface area contributed by atoms with Gasteiger partial charge in [-0.3, -0.25) is 9.69 Å². The fraction of sp³-hybridized carbons (Fsp3) is 0.923. The monoisotopic (exact) mass is 213 g/mol. The Morgan fingerprint density at radius 3 is 2.00 bits per heavy atom. The van der Waals surface area contributed by atoms with Gasteiger partial charge in [0.1, 0.15) is 5.78 Å². The zero-order chi connectivity index (χ0) is 12.2. The molecule has 15 heavy (non-hydrogen) atoms. The molecule has 0 amide bonds. The molecule has 0 atom stereocenters. The minimum atomic E-state index is 0.0899. The van der Waals surface area contributed by atoms with Crippen molar-refractivity contribution in [2.75, 3.05) is 13.6 Å². The van der Waals surface area contributed by atoms with Crippen LogP contribution < -0.4 is 0 Å². The van der Waals surface area contributed by atoms with Gasteiger partial charge in [0, 0.05) is 12.0 Å². The van der Waals surface area contributed by atoms with Crippen LogP contribution in [-0.2, 0) is 4.79 Å². The van der Waals surface area contributed by atoms with Crippen LogP contribution in [0.2, 0.25) is 0 Å². The molecule has 90 valence electrons. The molecular weight excluding hydrogens is 186 g/mol. The van der Waals surface area contributed by atoms with Crippen LogP contribution in [0.1, 0.15) is 48.0 Å². The maximum atomic E-state index is 11.7. The highest BCUT2D eigenvalue weighted by Crippen LogP contribution is 2.22. The highest BCUT2D eigenvalue weighted by atomic mass is 16.1. The molecule has 0 heterocycles. The van der Waals surface area contributed by atoms with Gasteiger partial charge >= 0.3 is 0 Å². The molecule has 0 bridgehead atoms. The highest BCUT2D eigenvalue weighted by molar-refractivity contribution is 5.80. The summed E-state index contributed by atoms with van der Waals surface area (Å²) in [5.41, 5.74) is 0.0899. The van der Waals surface area contributed by atoms with Crippen molar-refractivity contribution in [3.8, 4) is 0 Å². The number of ketones is 1. The Labute approximate surface area is 95.0 Å². The molecule has 0 aromatic carbocycles. The molecule has 0 aliphatic rings. The first-order chi connectivity index (χ1) is 6.67. The lowest BCUT2D eigenvalue weighted by atomic mass is 9.89. The van der Waals surface area contributed by atoms with E-state index in [1.807, 2.05) is 7.05 Å². The first kappa shape index (κ1) is 14.6. The summed E-state index contributed by atoms with van der Waals surface area (Å²) in [4.78, 5) is 13.9. The van der Waals surface area contributed by atoms with Gasteiger partial charge in [-0.15, -0.1) is 0 Å². The SMILES string of the molecule is CC(C)CC(=O)CN(C)C(C)(C)C(C)C. The van der Waals surface area contributed by atoms with Crippen molar-refractivity contribution in [3.63, 3.8) is 0 Å². The largest absolute Gasteiger partial charge is 0.298 e. The summed E-state index contributed by atoms with van der Waals surface area (Å²) in [7, 11) is 2.04. The molecule has 0 unspecified atom stereocenters. The number of Topliss-reactive ketones (excluding diaryl/α,β-unsaturated/α-hetero) is 1. The number of nitrogens with zero attached hydrogens (tertiary/aromatic N) is 1. The summed E-state index contributed by atoms with van der Waals surface area (Å²) < 4.78 is 0. The van der Waals surface area contributed by atoms with Crippen molar-refractivity contribution in [1.82, 2.24) is 4.90 Å².